The fraction of sp³-hybridized carbons (Fsp3) is 0.200. The van der Waals surface area contributed by atoms with E-state index >= 15 is 0 Å². The van der Waals surface area contributed by atoms with Gasteiger partial charge in [-0.25, -0.2) is 4.79 Å². The number of nitrogens with zero attached hydrogens (tertiary/aromatic N) is 1. The van der Waals surface area contributed by atoms with Crippen LogP contribution >= 0.6 is 0 Å². The number of hydrogen-bond acceptors (Lipinski definition) is 4. The Labute approximate surface area is 116 Å². The Hall–Kier alpha value is -2.56. The molecule has 0 unspecified atom stereocenters. The van der Waals surface area contributed by atoms with Gasteiger partial charge in [0.1, 0.15) is 18.1 Å². The molecule has 20 heavy (non-hydrogen) atoms. The molecule has 0 bridgehead atoms. The second-order valence-electron chi connectivity index (χ2n) is 4.34. The van der Waals surface area contributed by atoms with Crippen LogP contribution in [0, 0.1) is 13.8 Å². The summed E-state index contributed by atoms with van der Waals surface area (Å²) in [6.45, 7) is 4.07. The molecule has 0 aliphatic carbocycles. The van der Waals surface area contributed by atoms with E-state index in [2.05, 4.69) is 5.16 Å². The van der Waals surface area contributed by atoms with Crippen LogP contribution < -0.4 is 4.74 Å². The first kappa shape index (κ1) is 13.9. The van der Waals surface area contributed by atoms with Gasteiger partial charge in [-0.1, -0.05) is 17.3 Å². The summed E-state index contributed by atoms with van der Waals surface area (Å²) >= 11 is 0. The molecule has 0 saturated heterocycles. The van der Waals surface area contributed by atoms with E-state index in [1.807, 2.05) is 32.0 Å². The zero-order valence-corrected chi connectivity index (χ0v) is 11.3. The van der Waals surface area contributed by atoms with E-state index < -0.39 is 5.97 Å². The number of aliphatic carboxylic acids is 1. The standard InChI is InChI=1S/C15H15NO4/c1-10-14(11(2)20-16-10)9-19-13-5-3-4-12(8-13)6-7-15(17)18/h3-8H,9H2,1-2H3,(H,17,18). The third kappa shape index (κ3) is 3.47. The van der Waals surface area contributed by atoms with Gasteiger partial charge in [0, 0.05) is 6.08 Å². The summed E-state index contributed by atoms with van der Waals surface area (Å²) < 4.78 is 10.7. The van der Waals surface area contributed by atoms with E-state index in [4.69, 9.17) is 14.4 Å². The number of aryl methyl sites for hydroxylation is 2. The number of carboxylic acid groups (broad SMARTS) is 1. The minimum absolute atomic E-state index is 0.368. The molecule has 5 heteroatoms. The SMILES string of the molecule is Cc1noc(C)c1COc1cccc(C=CC(=O)O)c1. The Bertz CT molecular complexity index is 624. The van der Waals surface area contributed by atoms with Crippen molar-refractivity contribution in [2.45, 2.75) is 20.5 Å². The summed E-state index contributed by atoms with van der Waals surface area (Å²) in [5.74, 6) is 0.425. The van der Waals surface area contributed by atoms with Gasteiger partial charge in [0.05, 0.1) is 11.3 Å². The maximum Gasteiger partial charge on any atom is 0.328 e. The van der Waals surface area contributed by atoms with Crippen LogP contribution in [0.4, 0.5) is 0 Å². The van der Waals surface area contributed by atoms with Gasteiger partial charge in [-0.05, 0) is 37.6 Å². The molecular weight excluding hydrogens is 258 g/mol. The minimum atomic E-state index is -0.980. The monoisotopic (exact) mass is 273 g/mol. The average molecular weight is 273 g/mol. The summed E-state index contributed by atoms with van der Waals surface area (Å²) in [6, 6.07) is 7.21. The Morgan fingerprint density at radius 2 is 2.25 bits per heavy atom. The van der Waals surface area contributed by atoms with E-state index in [9.17, 15) is 4.79 Å². The van der Waals surface area contributed by atoms with Crippen molar-refractivity contribution in [2.75, 3.05) is 0 Å². The number of hydrogen-bond donors (Lipinski definition) is 1. The maximum atomic E-state index is 10.5. The summed E-state index contributed by atoms with van der Waals surface area (Å²) in [7, 11) is 0. The molecule has 1 N–H and O–H groups in total. The molecule has 1 heterocycles. The lowest BCUT2D eigenvalue weighted by molar-refractivity contribution is -0.131. The third-order valence-electron chi connectivity index (χ3n) is 2.84. The molecule has 0 fully saturated rings. The van der Waals surface area contributed by atoms with Crippen molar-refractivity contribution in [3.8, 4) is 5.75 Å². The summed E-state index contributed by atoms with van der Waals surface area (Å²) in [5.41, 5.74) is 2.50. The van der Waals surface area contributed by atoms with Crippen molar-refractivity contribution in [3.63, 3.8) is 0 Å². The number of carboxylic acids is 1. The quantitative estimate of drug-likeness (QED) is 0.848. The zero-order valence-electron chi connectivity index (χ0n) is 11.3. The predicted octanol–water partition coefficient (Wildman–Crippen LogP) is 2.97. The summed E-state index contributed by atoms with van der Waals surface area (Å²) in [6.07, 6.45) is 2.61. The van der Waals surface area contributed by atoms with Gasteiger partial charge >= 0.3 is 5.97 Å². The summed E-state index contributed by atoms with van der Waals surface area (Å²) in [5, 5.41) is 12.5. The Kier molecular flexibility index (Phi) is 4.20. The van der Waals surface area contributed by atoms with E-state index in [0.29, 0.717) is 12.4 Å². The van der Waals surface area contributed by atoms with Gasteiger partial charge in [-0.15, -0.1) is 0 Å². The van der Waals surface area contributed by atoms with Crippen LogP contribution in [0.3, 0.4) is 0 Å². The van der Waals surface area contributed by atoms with E-state index in [1.54, 1.807) is 6.07 Å². The highest BCUT2D eigenvalue weighted by atomic mass is 16.5. The molecule has 5 nitrogen and oxygen atoms in total. The van der Waals surface area contributed by atoms with Crippen LogP contribution in [0.5, 0.6) is 5.75 Å². The molecular formula is C15H15NO4. The second kappa shape index (κ2) is 6.06. The van der Waals surface area contributed by atoms with Gasteiger partial charge in [0.15, 0.2) is 0 Å². The number of carbonyl (C=O) groups is 1. The lowest BCUT2D eigenvalue weighted by atomic mass is 10.2. The molecule has 1 aromatic carbocycles. The van der Waals surface area contributed by atoms with Crippen molar-refractivity contribution >= 4 is 12.0 Å². The topological polar surface area (TPSA) is 72.6 Å². The van der Waals surface area contributed by atoms with Gasteiger partial charge in [-0.2, -0.15) is 0 Å². The highest BCUT2D eigenvalue weighted by Gasteiger charge is 2.09. The molecule has 0 radical (unpaired) electrons. The molecule has 0 atom stereocenters. The predicted molar refractivity (Wildman–Crippen MR) is 73.4 cm³/mol. The Morgan fingerprint density at radius 3 is 2.90 bits per heavy atom. The first-order valence-electron chi connectivity index (χ1n) is 6.12. The van der Waals surface area contributed by atoms with Crippen molar-refractivity contribution < 1.29 is 19.2 Å². The minimum Gasteiger partial charge on any atom is -0.489 e. The fourth-order valence-corrected chi connectivity index (χ4v) is 1.74. The molecule has 2 rings (SSSR count). The molecule has 0 spiro atoms. The third-order valence-corrected chi connectivity index (χ3v) is 2.84. The first-order valence-corrected chi connectivity index (χ1v) is 6.12. The van der Waals surface area contributed by atoms with Crippen LogP contribution in [-0.2, 0) is 11.4 Å². The van der Waals surface area contributed by atoms with Gasteiger partial charge in [-0.3, -0.25) is 0 Å². The zero-order chi connectivity index (χ0) is 14.5. The molecule has 0 amide bonds. The van der Waals surface area contributed by atoms with Gasteiger partial charge in [0.25, 0.3) is 0 Å². The van der Waals surface area contributed by atoms with Crippen LogP contribution in [0.25, 0.3) is 6.08 Å². The molecule has 2 aromatic rings. The number of aromatic nitrogens is 1. The highest BCUT2D eigenvalue weighted by Crippen LogP contribution is 2.19. The van der Waals surface area contributed by atoms with Crippen molar-refractivity contribution in [2.24, 2.45) is 0 Å². The van der Waals surface area contributed by atoms with Crippen molar-refractivity contribution in [1.82, 2.24) is 5.16 Å². The lowest BCUT2D eigenvalue weighted by Crippen LogP contribution is -1.97. The Balaban J connectivity index is 2.07. The molecule has 0 aliphatic heterocycles. The first-order chi connectivity index (χ1) is 9.56. The molecule has 104 valence electrons. The molecule has 0 saturated carbocycles. The van der Waals surface area contributed by atoms with Crippen LogP contribution in [-0.4, -0.2) is 16.2 Å². The largest absolute Gasteiger partial charge is 0.489 e. The maximum absolute atomic E-state index is 10.5. The number of rotatable bonds is 5. The second-order valence-corrected chi connectivity index (χ2v) is 4.34. The van der Waals surface area contributed by atoms with Crippen LogP contribution in [0.15, 0.2) is 34.9 Å². The molecule has 1 aromatic heterocycles. The normalized spacial score (nSPS) is 10.9. The van der Waals surface area contributed by atoms with Gasteiger partial charge in [0.2, 0.25) is 0 Å². The number of ether oxygens (including phenoxy) is 1. The summed E-state index contributed by atoms with van der Waals surface area (Å²) in [4.78, 5) is 10.5. The fourth-order valence-electron chi connectivity index (χ4n) is 1.74. The smallest absolute Gasteiger partial charge is 0.328 e. The average Bonchev–Trinajstić information content (AvgIpc) is 2.74. The van der Waals surface area contributed by atoms with Crippen LogP contribution in [0.1, 0.15) is 22.6 Å². The van der Waals surface area contributed by atoms with E-state index in [0.717, 1.165) is 28.7 Å². The van der Waals surface area contributed by atoms with Crippen molar-refractivity contribution in [3.05, 3.63) is 52.9 Å². The van der Waals surface area contributed by atoms with Crippen molar-refractivity contribution in [1.29, 1.82) is 0 Å². The van der Waals surface area contributed by atoms with Crippen LogP contribution in [0.2, 0.25) is 0 Å². The molecule has 0 aliphatic rings. The Morgan fingerprint density at radius 1 is 1.45 bits per heavy atom. The number of benzene rings is 1. The lowest BCUT2D eigenvalue weighted by Gasteiger charge is -2.06. The van der Waals surface area contributed by atoms with E-state index in [1.165, 1.54) is 6.08 Å². The van der Waals surface area contributed by atoms with Gasteiger partial charge < -0.3 is 14.4 Å². The highest BCUT2D eigenvalue weighted by molar-refractivity contribution is 5.85. The van der Waals surface area contributed by atoms with E-state index in [-0.39, 0.29) is 0 Å².